The quantitative estimate of drug-likeness (QED) is 0.0935. The molecule has 7 aromatic rings. The molecule has 4 aromatic heterocycles. The fourth-order valence-electron chi connectivity index (χ4n) is 7.73. The third-order valence-electron chi connectivity index (χ3n) is 11.1. The predicted octanol–water partition coefficient (Wildman–Crippen LogP) is 6.60. The van der Waals surface area contributed by atoms with Crippen LogP contribution in [-0.4, -0.2) is 72.4 Å². The van der Waals surface area contributed by atoms with Gasteiger partial charge < -0.3 is 25.6 Å². The molecule has 1 saturated carbocycles. The number of carbonyl (C=O) groups is 4. The van der Waals surface area contributed by atoms with Gasteiger partial charge in [-0.15, -0.1) is 0 Å². The van der Waals surface area contributed by atoms with Crippen LogP contribution in [0.4, 0.5) is 10.5 Å². The summed E-state index contributed by atoms with van der Waals surface area (Å²) in [5.41, 5.74) is 6.45. The lowest BCUT2D eigenvalue weighted by Gasteiger charge is -2.42. The third-order valence-corrected chi connectivity index (χ3v) is 11.1. The van der Waals surface area contributed by atoms with Gasteiger partial charge in [-0.1, -0.05) is 73.7 Å². The molecule has 1 aliphatic carbocycles. The molecule has 0 aliphatic heterocycles. The van der Waals surface area contributed by atoms with E-state index in [2.05, 4.69) is 31.1 Å². The number of rotatable bonds is 14. The topological polar surface area (TPSA) is 193 Å². The van der Waals surface area contributed by atoms with Crippen molar-refractivity contribution in [3.05, 3.63) is 149 Å². The van der Waals surface area contributed by atoms with Gasteiger partial charge in [0.2, 0.25) is 11.8 Å². The standard InChI is InChI=1S/C47H45N9O6/c1-3-25-55(44(59)30(2)49-43(58)34-18-23-48-24-19-34)28-40(57)50-36-16-10-31(11-17-36)29-62-46(61)52-47(21-7-22-47)35-14-12-33(13-15-35)41-37(32-8-5-4-6-9-32)27-38-39(51-41)20-26-56-42(38)53-54-45(56)60/h4-6,8-20,23-24,26-27,30H,3,7,21-22,25,28-29H2,1-2H3,(H,49,58)(H,50,57)(H,52,61)(H,54,60)/t30-/m1/s1. The number of aromatic nitrogens is 5. The van der Waals surface area contributed by atoms with Crippen LogP contribution in [-0.2, 0) is 26.5 Å². The number of alkyl carbamates (subject to hydrolysis) is 1. The number of H-pyrrole nitrogens is 1. The highest BCUT2D eigenvalue weighted by atomic mass is 16.5. The SMILES string of the molecule is CCCN(CC(=O)Nc1ccc(COC(=O)NC2(c3ccc(-c4nc5ccn6c(=O)[nH]nc6c5cc4-c4ccccc4)cc3)CCC2)cc1)C(=O)[C@@H](C)NC(=O)c1ccncc1. The second-order valence-electron chi connectivity index (χ2n) is 15.4. The molecule has 1 aliphatic rings. The highest BCUT2D eigenvalue weighted by Gasteiger charge is 2.40. The molecule has 4 N–H and O–H groups in total. The molecule has 0 spiro atoms. The molecule has 8 rings (SSSR count). The van der Waals surface area contributed by atoms with E-state index in [9.17, 15) is 24.0 Å². The number of fused-ring (bicyclic) bond motifs is 3. The molecule has 1 fully saturated rings. The second-order valence-corrected chi connectivity index (χ2v) is 15.4. The molecule has 4 amide bonds. The fourth-order valence-corrected chi connectivity index (χ4v) is 7.73. The predicted molar refractivity (Wildman–Crippen MR) is 234 cm³/mol. The summed E-state index contributed by atoms with van der Waals surface area (Å²) < 4.78 is 7.13. The van der Waals surface area contributed by atoms with E-state index in [0.717, 1.165) is 58.2 Å². The first-order valence-corrected chi connectivity index (χ1v) is 20.5. The number of benzene rings is 3. The van der Waals surface area contributed by atoms with Crippen molar-refractivity contribution in [3.8, 4) is 22.4 Å². The Balaban J connectivity index is 0.879. The Labute approximate surface area is 356 Å². The Bertz CT molecular complexity index is 2800. The van der Waals surface area contributed by atoms with Gasteiger partial charge in [0.05, 0.1) is 23.3 Å². The lowest BCUT2D eigenvalue weighted by Crippen LogP contribution is -2.50. The van der Waals surface area contributed by atoms with E-state index in [-0.39, 0.29) is 30.7 Å². The van der Waals surface area contributed by atoms with E-state index in [4.69, 9.17) is 9.72 Å². The lowest BCUT2D eigenvalue weighted by molar-refractivity contribution is -0.136. The van der Waals surface area contributed by atoms with Crippen molar-refractivity contribution in [2.24, 2.45) is 0 Å². The van der Waals surface area contributed by atoms with Crippen LogP contribution in [0.1, 0.15) is 61.0 Å². The summed E-state index contributed by atoms with van der Waals surface area (Å²) in [6.07, 6.45) is 7.23. The number of amides is 4. The van der Waals surface area contributed by atoms with Crippen molar-refractivity contribution >= 4 is 46.1 Å². The van der Waals surface area contributed by atoms with Gasteiger partial charge in [0.1, 0.15) is 12.6 Å². The molecular weight excluding hydrogens is 787 g/mol. The average Bonchev–Trinajstić information content (AvgIpc) is 3.67. The van der Waals surface area contributed by atoms with Gasteiger partial charge >= 0.3 is 11.8 Å². The van der Waals surface area contributed by atoms with E-state index >= 15 is 0 Å². The maximum atomic E-state index is 13.2. The maximum Gasteiger partial charge on any atom is 0.408 e. The third kappa shape index (κ3) is 8.77. The highest BCUT2D eigenvalue weighted by molar-refractivity contribution is 6.00. The number of nitrogens with zero attached hydrogens (tertiary/aromatic N) is 5. The molecule has 4 heterocycles. The van der Waals surface area contributed by atoms with Gasteiger partial charge in [0.25, 0.3) is 5.91 Å². The van der Waals surface area contributed by atoms with Gasteiger partial charge in [-0.25, -0.2) is 24.1 Å². The minimum atomic E-state index is -0.842. The molecule has 1 atom stereocenters. The van der Waals surface area contributed by atoms with Crippen LogP contribution in [0.5, 0.6) is 0 Å². The zero-order valence-corrected chi connectivity index (χ0v) is 34.3. The van der Waals surface area contributed by atoms with Crippen LogP contribution in [0, 0.1) is 0 Å². The van der Waals surface area contributed by atoms with E-state index in [1.165, 1.54) is 21.7 Å². The van der Waals surface area contributed by atoms with Crippen LogP contribution in [0.15, 0.2) is 127 Å². The largest absolute Gasteiger partial charge is 0.445 e. The average molecular weight is 832 g/mol. The van der Waals surface area contributed by atoms with Gasteiger partial charge in [-0.3, -0.25) is 19.4 Å². The zero-order valence-electron chi connectivity index (χ0n) is 34.3. The summed E-state index contributed by atoms with van der Waals surface area (Å²) in [7, 11) is 0. The number of carbonyl (C=O) groups excluding carboxylic acids is 4. The van der Waals surface area contributed by atoms with Crippen LogP contribution in [0.2, 0.25) is 0 Å². The van der Waals surface area contributed by atoms with E-state index in [1.807, 2.05) is 73.7 Å². The number of hydrogen-bond acceptors (Lipinski definition) is 9. The number of pyridine rings is 3. The summed E-state index contributed by atoms with van der Waals surface area (Å²) in [5.74, 6) is -1.16. The summed E-state index contributed by atoms with van der Waals surface area (Å²) >= 11 is 0. The van der Waals surface area contributed by atoms with Crippen molar-refractivity contribution in [1.29, 1.82) is 0 Å². The molecule has 0 radical (unpaired) electrons. The number of anilines is 1. The smallest absolute Gasteiger partial charge is 0.408 e. The van der Waals surface area contributed by atoms with Crippen molar-refractivity contribution < 1.29 is 23.9 Å². The first-order chi connectivity index (χ1) is 30.1. The summed E-state index contributed by atoms with van der Waals surface area (Å²) in [6.45, 7) is 3.67. The minimum Gasteiger partial charge on any atom is -0.445 e. The Morgan fingerprint density at radius 2 is 1.66 bits per heavy atom. The van der Waals surface area contributed by atoms with Crippen LogP contribution >= 0.6 is 0 Å². The van der Waals surface area contributed by atoms with E-state index in [1.54, 1.807) is 49.5 Å². The summed E-state index contributed by atoms with van der Waals surface area (Å²) in [5, 5.41) is 16.2. The molecule has 0 saturated heterocycles. The molecule has 15 heteroatoms. The Morgan fingerprint density at radius 3 is 2.35 bits per heavy atom. The molecular formula is C47H45N9O6. The number of hydrogen-bond donors (Lipinski definition) is 4. The monoisotopic (exact) mass is 831 g/mol. The van der Waals surface area contributed by atoms with Crippen LogP contribution in [0.25, 0.3) is 38.9 Å². The first-order valence-electron chi connectivity index (χ1n) is 20.5. The van der Waals surface area contributed by atoms with Crippen molar-refractivity contribution in [2.75, 3.05) is 18.4 Å². The fraction of sp³-hybridized carbons (Fsp3) is 0.234. The Kier molecular flexibility index (Phi) is 11.9. The van der Waals surface area contributed by atoms with Gasteiger partial charge in [-0.05, 0) is 85.7 Å². The number of aromatic amines is 1. The van der Waals surface area contributed by atoms with Crippen molar-refractivity contribution in [1.82, 2.24) is 40.1 Å². The normalized spacial score (nSPS) is 13.5. The molecule has 62 heavy (non-hydrogen) atoms. The Morgan fingerprint density at radius 1 is 0.919 bits per heavy atom. The number of nitrogens with one attached hydrogen (secondary N) is 4. The van der Waals surface area contributed by atoms with Crippen molar-refractivity contribution in [2.45, 2.75) is 57.7 Å². The second kappa shape index (κ2) is 17.9. The van der Waals surface area contributed by atoms with E-state index in [0.29, 0.717) is 35.4 Å². The minimum absolute atomic E-state index is 0.0199. The molecule has 0 unspecified atom stereocenters. The van der Waals surface area contributed by atoms with E-state index < -0.39 is 23.6 Å². The zero-order chi connectivity index (χ0) is 43.2. The van der Waals surface area contributed by atoms with Crippen LogP contribution < -0.4 is 21.6 Å². The molecule has 3 aromatic carbocycles. The first kappa shape index (κ1) is 41.1. The summed E-state index contributed by atoms with van der Waals surface area (Å²) in [4.78, 5) is 74.7. The lowest BCUT2D eigenvalue weighted by atomic mass is 9.71. The van der Waals surface area contributed by atoms with Gasteiger partial charge in [0.15, 0.2) is 5.65 Å². The van der Waals surface area contributed by atoms with Crippen LogP contribution in [0.3, 0.4) is 0 Å². The van der Waals surface area contributed by atoms with Gasteiger partial charge in [0, 0.05) is 52.9 Å². The Hall–Kier alpha value is -7.68. The van der Waals surface area contributed by atoms with Crippen molar-refractivity contribution in [3.63, 3.8) is 0 Å². The summed E-state index contributed by atoms with van der Waals surface area (Å²) in [6, 6.07) is 31.1. The molecule has 15 nitrogen and oxygen atoms in total. The van der Waals surface area contributed by atoms with Gasteiger partial charge in [-0.2, -0.15) is 5.10 Å². The molecule has 314 valence electrons. The number of ether oxygens (including phenoxy) is 1. The molecule has 0 bridgehead atoms. The maximum absolute atomic E-state index is 13.2. The highest BCUT2D eigenvalue weighted by Crippen LogP contribution is 2.42.